The van der Waals surface area contributed by atoms with Crippen molar-refractivity contribution in [3.8, 4) is 11.1 Å². The third-order valence-corrected chi connectivity index (χ3v) is 3.94. The van der Waals surface area contributed by atoms with E-state index in [1.807, 2.05) is 0 Å². The van der Waals surface area contributed by atoms with Crippen molar-refractivity contribution in [3.05, 3.63) is 59.2 Å². The lowest BCUT2D eigenvalue weighted by Gasteiger charge is -2.33. The smallest absolute Gasteiger partial charge is 0.369 e. The van der Waals surface area contributed by atoms with Gasteiger partial charge in [-0.25, -0.2) is 8.78 Å². The minimum atomic E-state index is -6.31. The Morgan fingerprint density at radius 1 is 0.885 bits per heavy atom. The van der Waals surface area contributed by atoms with E-state index >= 15 is 0 Å². The first-order chi connectivity index (χ1) is 11.9. The summed E-state index contributed by atoms with van der Waals surface area (Å²) in [5.41, 5.74) is -8.83. The van der Waals surface area contributed by atoms with Crippen LogP contribution in [0.4, 0.5) is 35.1 Å². The lowest BCUT2D eigenvalue weighted by atomic mass is 9.86. The van der Waals surface area contributed by atoms with Gasteiger partial charge in [0.05, 0.1) is 0 Å². The summed E-state index contributed by atoms with van der Waals surface area (Å²) < 4.78 is 107. The Hall–Kier alpha value is -2.16. The van der Waals surface area contributed by atoms with Crippen LogP contribution >= 0.6 is 0 Å². The van der Waals surface area contributed by atoms with E-state index in [9.17, 15) is 40.2 Å². The van der Waals surface area contributed by atoms with E-state index in [1.165, 1.54) is 31.2 Å². The number of benzene rings is 2. The van der Waals surface area contributed by atoms with Gasteiger partial charge in [-0.15, -0.1) is 0 Å². The average Bonchev–Trinajstić information content (AvgIpc) is 2.54. The fourth-order valence-electron chi connectivity index (χ4n) is 2.66. The molecule has 0 saturated heterocycles. The van der Waals surface area contributed by atoms with Crippen LogP contribution in [0.5, 0.6) is 0 Å². The third-order valence-electron chi connectivity index (χ3n) is 3.94. The van der Waals surface area contributed by atoms with Gasteiger partial charge in [0, 0.05) is 11.1 Å². The van der Waals surface area contributed by atoms with Gasteiger partial charge in [-0.05, 0) is 23.6 Å². The summed E-state index contributed by atoms with van der Waals surface area (Å²) in [6, 6.07) is 6.85. The largest absolute Gasteiger partial charge is 0.430 e. The van der Waals surface area contributed by atoms with Crippen LogP contribution in [-0.4, -0.2) is 17.5 Å². The zero-order valence-electron chi connectivity index (χ0n) is 13.1. The minimum Gasteiger partial charge on any atom is -0.369 e. The topological polar surface area (TPSA) is 20.2 Å². The summed E-state index contributed by atoms with van der Waals surface area (Å²) >= 11 is 0. The summed E-state index contributed by atoms with van der Waals surface area (Å²) in [5.74, 6) is -3.46. The Kier molecular flexibility index (Phi) is 5.06. The van der Waals surface area contributed by atoms with E-state index in [0.29, 0.717) is 0 Å². The summed E-state index contributed by atoms with van der Waals surface area (Å²) in [5, 5.41) is 9.39. The molecule has 0 radical (unpaired) electrons. The van der Waals surface area contributed by atoms with Crippen molar-refractivity contribution in [1.82, 2.24) is 0 Å². The molecule has 0 aliphatic heterocycles. The van der Waals surface area contributed by atoms with Crippen molar-refractivity contribution in [1.29, 1.82) is 0 Å². The number of rotatable bonds is 3. The Labute approximate surface area is 142 Å². The monoisotopic (exact) mass is 384 g/mol. The molecule has 2 aromatic rings. The van der Waals surface area contributed by atoms with E-state index in [0.717, 1.165) is 0 Å². The quantitative estimate of drug-likeness (QED) is 0.693. The fourth-order valence-corrected chi connectivity index (χ4v) is 2.66. The predicted molar refractivity (Wildman–Crippen MR) is 77.2 cm³/mol. The molecule has 0 aliphatic carbocycles. The van der Waals surface area contributed by atoms with Gasteiger partial charge in [-0.2, -0.15) is 26.3 Å². The summed E-state index contributed by atoms with van der Waals surface area (Å²) in [6.07, 6.45) is -13.0. The number of hydrogen-bond donors (Lipinski definition) is 1. The van der Waals surface area contributed by atoms with Gasteiger partial charge in [0.2, 0.25) is 0 Å². The molecule has 0 unspecified atom stereocenters. The van der Waals surface area contributed by atoms with Crippen LogP contribution in [0.2, 0.25) is 0 Å². The van der Waals surface area contributed by atoms with E-state index < -0.39 is 52.7 Å². The van der Waals surface area contributed by atoms with Gasteiger partial charge in [-0.3, -0.25) is 0 Å². The molecule has 0 amide bonds. The van der Waals surface area contributed by atoms with Crippen LogP contribution in [-0.2, 0) is 12.0 Å². The normalized spacial score (nSPS) is 13.2. The summed E-state index contributed by atoms with van der Waals surface area (Å²) in [7, 11) is 0. The standard InChI is InChI=1S/C17H12F8O/c1-2-10-13(9-6-4-3-5-7-9)12(18)8-11(14(10)19)15(26,16(20,21)22)17(23,24)25/h3-8,26H,2H2,1H3. The first-order valence-corrected chi connectivity index (χ1v) is 7.28. The highest BCUT2D eigenvalue weighted by molar-refractivity contribution is 5.69. The molecule has 0 spiro atoms. The molecule has 1 nitrogen and oxygen atoms in total. The van der Waals surface area contributed by atoms with Crippen molar-refractivity contribution in [3.63, 3.8) is 0 Å². The van der Waals surface area contributed by atoms with E-state index in [4.69, 9.17) is 0 Å². The molecule has 0 aromatic heterocycles. The molecule has 0 saturated carbocycles. The molecule has 0 fully saturated rings. The van der Waals surface area contributed by atoms with Gasteiger partial charge in [0.1, 0.15) is 11.6 Å². The Bertz CT molecular complexity index is 779. The van der Waals surface area contributed by atoms with Gasteiger partial charge in [-0.1, -0.05) is 37.3 Å². The first-order valence-electron chi connectivity index (χ1n) is 7.28. The average molecular weight is 384 g/mol. The van der Waals surface area contributed by atoms with Gasteiger partial charge in [0.25, 0.3) is 5.60 Å². The van der Waals surface area contributed by atoms with Crippen LogP contribution in [0.1, 0.15) is 18.1 Å². The second kappa shape index (κ2) is 6.53. The van der Waals surface area contributed by atoms with Crippen LogP contribution in [0.15, 0.2) is 36.4 Å². The first kappa shape index (κ1) is 20.2. The third kappa shape index (κ3) is 3.04. The van der Waals surface area contributed by atoms with Crippen LogP contribution in [0, 0.1) is 11.6 Å². The highest BCUT2D eigenvalue weighted by atomic mass is 19.4. The molecule has 1 N–H and O–H groups in total. The highest BCUT2D eigenvalue weighted by Crippen LogP contribution is 2.51. The molecule has 9 heteroatoms. The van der Waals surface area contributed by atoms with Crippen molar-refractivity contribution >= 4 is 0 Å². The van der Waals surface area contributed by atoms with Gasteiger partial charge < -0.3 is 5.11 Å². The van der Waals surface area contributed by atoms with Crippen molar-refractivity contribution in [2.75, 3.05) is 0 Å². The molecule has 142 valence electrons. The van der Waals surface area contributed by atoms with Crippen molar-refractivity contribution in [2.45, 2.75) is 31.3 Å². The van der Waals surface area contributed by atoms with Crippen molar-refractivity contribution in [2.24, 2.45) is 0 Å². The summed E-state index contributed by atoms with van der Waals surface area (Å²) in [4.78, 5) is 0. The number of aliphatic hydroxyl groups is 1. The Morgan fingerprint density at radius 2 is 1.38 bits per heavy atom. The van der Waals surface area contributed by atoms with E-state index in [2.05, 4.69) is 0 Å². The van der Waals surface area contributed by atoms with E-state index in [-0.39, 0.29) is 11.6 Å². The van der Waals surface area contributed by atoms with Crippen LogP contribution in [0.3, 0.4) is 0 Å². The Morgan fingerprint density at radius 3 is 1.81 bits per heavy atom. The second-order valence-electron chi connectivity index (χ2n) is 5.50. The molecule has 0 aliphatic rings. The SMILES string of the molecule is CCc1c(F)c(C(O)(C(F)(F)F)C(F)(F)F)cc(F)c1-c1ccccc1. The van der Waals surface area contributed by atoms with Crippen LogP contribution < -0.4 is 0 Å². The molecule has 0 atom stereocenters. The summed E-state index contributed by atoms with van der Waals surface area (Å²) in [6.45, 7) is 1.24. The second-order valence-corrected chi connectivity index (χ2v) is 5.50. The van der Waals surface area contributed by atoms with Crippen LogP contribution in [0.25, 0.3) is 11.1 Å². The lowest BCUT2D eigenvalue weighted by Crippen LogP contribution is -2.54. The maximum atomic E-state index is 14.6. The Balaban J connectivity index is 2.87. The lowest BCUT2D eigenvalue weighted by molar-refractivity contribution is -0.377. The zero-order chi connectivity index (χ0) is 19.9. The molecule has 2 aromatic carbocycles. The number of alkyl halides is 6. The van der Waals surface area contributed by atoms with Gasteiger partial charge in [0.15, 0.2) is 0 Å². The maximum Gasteiger partial charge on any atom is 0.430 e. The molecule has 26 heavy (non-hydrogen) atoms. The minimum absolute atomic E-state index is 0.0786. The molecular weight excluding hydrogens is 372 g/mol. The highest BCUT2D eigenvalue weighted by Gasteiger charge is 2.72. The van der Waals surface area contributed by atoms with Gasteiger partial charge >= 0.3 is 12.4 Å². The fraction of sp³-hybridized carbons (Fsp3) is 0.294. The number of hydrogen-bond acceptors (Lipinski definition) is 1. The molecule has 0 bridgehead atoms. The number of halogens is 8. The van der Waals surface area contributed by atoms with Crippen molar-refractivity contribution < 1.29 is 40.2 Å². The zero-order valence-corrected chi connectivity index (χ0v) is 13.1. The molecule has 0 heterocycles. The maximum absolute atomic E-state index is 14.6. The molecular formula is C17H12F8O. The predicted octanol–water partition coefficient (Wildman–Crippen LogP) is 5.51. The van der Waals surface area contributed by atoms with E-state index in [1.54, 1.807) is 6.07 Å². The molecule has 2 rings (SSSR count).